The van der Waals surface area contributed by atoms with Gasteiger partial charge in [-0.1, -0.05) is 18.2 Å². The number of hydrogen-bond acceptors (Lipinski definition) is 3. The van der Waals surface area contributed by atoms with Crippen molar-refractivity contribution in [3.05, 3.63) is 35.6 Å². The molecule has 1 aromatic rings. The number of nitrogens with one attached hydrogen (secondary N) is 1. The van der Waals surface area contributed by atoms with E-state index >= 15 is 0 Å². The number of carboxylic acids is 1. The minimum absolute atomic E-state index is 0.0374. The molecule has 2 N–H and O–H groups in total. The second kappa shape index (κ2) is 7.48. The maximum Gasteiger partial charge on any atom is 0.304 e. The molecule has 0 aliphatic rings. The molecular weight excluding hydrogens is 251 g/mol. The van der Waals surface area contributed by atoms with Crippen molar-refractivity contribution >= 4 is 11.9 Å². The summed E-state index contributed by atoms with van der Waals surface area (Å²) in [6.07, 6.45) is -0.0374. The number of hydrogen-bond donors (Lipinski definition) is 2. The Morgan fingerprint density at radius 2 is 2.05 bits per heavy atom. The van der Waals surface area contributed by atoms with Crippen LogP contribution in [0.25, 0.3) is 0 Å². The van der Waals surface area contributed by atoms with E-state index in [2.05, 4.69) is 5.32 Å². The van der Waals surface area contributed by atoms with Gasteiger partial charge in [0.15, 0.2) is 0 Å². The highest BCUT2D eigenvalue weighted by Gasteiger charge is 2.11. The number of carbonyl (C=O) groups excluding carboxylic acids is 1. The van der Waals surface area contributed by atoms with Crippen molar-refractivity contribution in [2.24, 2.45) is 0 Å². The molecule has 0 saturated carbocycles. The van der Waals surface area contributed by atoms with E-state index in [4.69, 9.17) is 5.11 Å². The molecule has 0 bridgehead atoms. The number of halogens is 1. The Labute approximate surface area is 111 Å². The number of amides is 1. The molecule has 19 heavy (non-hydrogen) atoms. The molecule has 0 aliphatic heterocycles. The van der Waals surface area contributed by atoms with Crippen LogP contribution < -0.4 is 5.32 Å². The minimum Gasteiger partial charge on any atom is -0.481 e. The third-order valence-electron chi connectivity index (χ3n) is 2.58. The van der Waals surface area contributed by atoms with Gasteiger partial charge in [-0.15, -0.1) is 0 Å². The normalized spacial score (nSPS) is 10.2. The molecule has 0 heterocycles. The van der Waals surface area contributed by atoms with Crippen LogP contribution in [0.5, 0.6) is 0 Å². The van der Waals surface area contributed by atoms with Gasteiger partial charge in [-0.2, -0.15) is 0 Å². The predicted octanol–water partition coefficient (Wildman–Crippen LogP) is 0.848. The summed E-state index contributed by atoms with van der Waals surface area (Å²) in [7, 11) is 1.58. The first-order valence-electron chi connectivity index (χ1n) is 5.90. The lowest BCUT2D eigenvalue weighted by molar-refractivity contribution is -0.137. The van der Waals surface area contributed by atoms with E-state index in [1.807, 2.05) is 0 Å². The molecule has 5 nitrogen and oxygen atoms in total. The summed E-state index contributed by atoms with van der Waals surface area (Å²) < 4.78 is 13.4. The Hall–Kier alpha value is -1.95. The van der Waals surface area contributed by atoms with Gasteiger partial charge < -0.3 is 15.3 Å². The van der Waals surface area contributed by atoms with E-state index in [9.17, 15) is 14.0 Å². The number of carbonyl (C=O) groups is 2. The molecule has 0 aromatic heterocycles. The van der Waals surface area contributed by atoms with Crippen molar-refractivity contribution < 1.29 is 19.1 Å². The highest BCUT2D eigenvalue weighted by molar-refractivity contribution is 5.78. The topological polar surface area (TPSA) is 69.6 Å². The molecule has 0 atom stereocenters. The van der Waals surface area contributed by atoms with E-state index in [0.29, 0.717) is 5.56 Å². The van der Waals surface area contributed by atoms with Crippen LogP contribution in [-0.4, -0.2) is 42.0 Å². The van der Waals surface area contributed by atoms with Crippen LogP contribution >= 0.6 is 0 Å². The second-order valence-electron chi connectivity index (χ2n) is 4.16. The van der Waals surface area contributed by atoms with Crippen molar-refractivity contribution in [3.63, 3.8) is 0 Å². The Bertz CT molecular complexity index is 451. The number of benzene rings is 1. The number of carboxylic acid groups (broad SMARTS) is 1. The van der Waals surface area contributed by atoms with Crippen LogP contribution in [0, 0.1) is 5.82 Å². The van der Waals surface area contributed by atoms with Gasteiger partial charge in [-0.3, -0.25) is 9.59 Å². The van der Waals surface area contributed by atoms with Gasteiger partial charge in [-0.05, 0) is 6.07 Å². The summed E-state index contributed by atoms with van der Waals surface area (Å²) >= 11 is 0. The zero-order valence-corrected chi connectivity index (χ0v) is 10.7. The largest absolute Gasteiger partial charge is 0.481 e. The lowest BCUT2D eigenvalue weighted by atomic mass is 10.2. The van der Waals surface area contributed by atoms with E-state index in [-0.39, 0.29) is 37.8 Å². The van der Waals surface area contributed by atoms with Crippen LogP contribution in [0.4, 0.5) is 4.39 Å². The molecule has 1 rings (SSSR count). The van der Waals surface area contributed by atoms with Crippen LogP contribution in [0.3, 0.4) is 0 Å². The molecule has 0 saturated heterocycles. The summed E-state index contributed by atoms with van der Waals surface area (Å²) in [5.41, 5.74) is 0.448. The van der Waals surface area contributed by atoms with E-state index in [1.165, 1.54) is 11.0 Å². The van der Waals surface area contributed by atoms with Crippen LogP contribution in [0.1, 0.15) is 12.0 Å². The maximum atomic E-state index is 13.4. The molecule has 0 radical (unpaired) electrons. The molecule has 6 heteroatoms. The van der Waals surface area contributed by atoms with Crippen molar-refractivity contribution in [1.82, 2.24) is 10.2 Å². The Balaban J connectivity index is 2.37. The number of rotatable bonds is 7. The van der Waals surface area contributed by atoms with Gasteiger partial charge in [0, 0.05) is 25.7 Å². The summed E-state index contributed by atoms with van der Waals surface area (Å²) in [4.78, 5) is 23.4. The first-order valence-corrected chi connectivity index (χ1v) is 5.90. The molecule has 0 aliphatic carbocycles. The lowest BCUT2D eigenvalue weighted by Crippen LogP contribution is -2.36. The Morgan fingerprint density at radius 1 is 1.37 bits per heavy atom. The fourth-order valence-corrected chi connectivity index (χ4v) is 1.50. The molecule has 1 aromatic carbocycles. The fourth-order valence-electron chi connectivity index (χ4n) is 1.50. The average Bonchev–Trinajstić information content (AvgIpc) is 2.36. The van der Waals surface area contributed by atoms with Gasteiger partial charge in [0.2, 0.25) is 5.91 Å². The van der Waals surface area contributed by atoms with Crippen molar-refractivity contribution in [2.45, 2.75) is 13.0 Å². The molecule has 0 spiro atoms. The van der Waals surface area contributed by atoms with E-state index < -0.39 is 5.97 Å². The van der Waals surface area contributed by atoms with Gasteiger partial charge in [0.25, 0.3) is 0 Å². The van der Waals surface area contributed by atoms with Gasteiger partial charge in [0.1, 0.15) is 5.82 Å². The van der Waals surface area contributed by atoms with Gasteiger partial charge >= 0.3 is 5.97 Å². The average molecular weight is 268 g/mol. The zero-order valence-electron chi connectivity index (χ0n) is 10.7. The van der Waals surface area contributed by atoms with Crippen LogP contribution in [0.2, 0.25) is 0 Å². The molecule has 1 amide bonds. The van der Waals surface area contributed by atoms with E-state index in [1.54, 1.807) is 25.2 Å². The van der Waals surface area contributed by atoms with Gasteiger partial charge in [-0.25, -0.2) is 4.39 Å². The predicted molar refractivity (Wildman–Crippen MR) is 68.0 cm³/mol. The minimum atomic E-state index is -0.917. The maximum absolute atomic E-state index is 13.4. The van der Waals surface area contributed by atoms with Crippen molar-refractivity contribution in [2.75, 3.05) is 20.1 Å². The fraction of sp³-hybridized carbons (Fsp3) is 0.385. The SMILES string of the molecule is CN(Cc1ccccc1F)C(=O)CNCCC(=O)O. The third kappa shape index (κ3) is 5.48. The number of nitrogens with zero attached hydrogens (tertiary/aromatic N) is 1. The van der Waals surface area contributed by atoms with Gasteiger partial charge in [0.05, 0.1) is 13.0 Å². The Morgan fingerprint density at radius 3 is 2.68 bits per heavy atom. The standard InChI is InChI=1S/C13H17FN2O3/c1-16(9-10-4-2-3-5-11(10)14)12(17)8-15-7-6-13(18)19/h2-5,15H,6-9H2,1H3,(H,18,19). The summed E-state index contributed by atoms with van der Waals surface area (Å²) in [6, 6.07) is 6.27. The first-order chi connectivity index (χ1) is 9.00. The van der Waals surface area contributed by atoms with Crippen molar-refractivity contribution in [1.29, 1.82) is 0 Å². The first kappa shape index (κ1) is 15.1. The monoisotopic (exact) mass is 268 g/mol. The molecule has 104 valence electrons. The quantitative estimate of drug-likeness (QED) is 0.719. The Kier molecular flexibility index (Phi) is 5.95. The van der Waals surface area contributed by atoms with Crippen LogP contribution in [0.15, 0.2) is 24.3 Å². The van der Waals surface area contributed by atoms with Crippen LogP contribution in [-0.2, 0) is 16.1 Å². The summed E-state index contributed by atoms with van der Waals surface area (Å²) in [5, 5.41) is 11.2. The van der Waals surface area contributed by atoms with Crippen molar-refractivity contribution in [3.8, 4) is 0 Å². The summed E-state index contributed by atoms with van der Waals surface area (Å²) in [6.45, 7) is 0.457. The number of aliphatic carboxylic acids is 1. The highest BCUT2D eigenvalue weighted by Crippen LogP contribution is 2.08. The zero-order chi connectivity index (χ0) is 14.3. The smallest absolute Gasteiger partial charge is 0.304 e. The van der Waals surface area contributed by atoms with E-state index in [0.717, 1.165) is 0 Å². The molecule has 0 fully saturated rings. The third-order valence-corrected chi connectivity index (χ3v) is 2.58. The lowest BCUT2D eigenvalue weighted by Gasteiger charge is -2.17. The number of likely N-dealkylation sites (N-methyl/N-ethyl adjacent to an activating group) is 1. The molecule has 0 unspecified atom stereocenters. The highest BCUT2D eigenvalue weighted by atomic mass is 19.1. The molecular formula is C13H17FN2O3. The second-order valence-corrected chi connectivity index (χ2v) is 4.16. The summed E-state index contributed by atoms with van der Waals surface area (Å²) in [5.74, 6) is -1.48.